The number of aliphatic hydroxyl groups excluding tert-OH is 1. The number of rotatable bonds is 25. The van der Waals surface area contributed by atoms with Gasteiger partial charge in [0.1, 0.15) is 12.7 Å². The summed E-state index contributed by atoms with van der Waals surface area (Å²) in [6.07, 6.45) is 16.7. The Bertz CT molecular complexity index is 521. The number of nitrogens with zero attached hydrogens (tertiary/aromatic N) is 1. The lowest BCUT2D eigenvalue weighted by Gasteiger charge is -2.17. The van der Waals surface area contributed by atoms with E-state index in [0.717, 1.165) is 25.8 Å². The van der Waals surface area contributed by atoms with Crippen molar-refractivity contribution in [2.24, 2.45) is 0 Å². The highest BCUT2D eigenvalue weighted by Crippen LogP contribution is 2.43. The fourth-order valence-corrected chi connectivity index (χ4v) is 4.21. The van der Waals surface area contributed by atoms with Gasteiger partial charge in [-0.25, -0.2) is 4.57 Å². The van der Waals surface area contributed by atoms with Crippen molar-refractivity contribution in [2.45, 2.75) is 116 Å². The number of aliphatic hydroxyl groups is 1. The number of phosphoric ester groups is 1. The molecule has 2 unspecified atom stereocenters. The van der Waals surface area contributed by atoms with Crippen molar-refractivity contribution in [1.29, 1.82) is 0 Å². The first kappa shape index (κ1) is 33.5. The van der Waals surface area contributed by atoms with Crippen LogP contribution in [-0.4, -0.2) is 66.9 Å². The average Bonchev–Trinajstić information content (AvgIpc) is 2.81. The van der Waals surface area contributed by atoms with Crippen molar-refractivity contribution < 1.29 is 33.1 Å². The quantitative estimate of drug-likeness (QED) is 0.0897. The first-order valence-corrected chi connectivity index (χ1v) is 14.9. The van der Waals surface area contributed by atoms with Gasteiger partial charge in [0.25, 0.3) is 0 Å². The number of phosphoric acid groups is 1. The molecule has 34 heavy (non-hydrogen) atoms. The molecule has 0 radical (unpaired) electrons. The van der Waals surface area contributed by atoms with E-state index in [1.807, 2.05) is 18.9 Å². The fraction of sp³-hybridized carbons (Fsp3) is 0.960. The third kappa shape index (κ3) is 23.3. The molecule has 204 valence electrons. The average molecular weight is 510 g/mol. The Balaban J connectivity index is 3.53. The van der Waals surface area contributed by atoms with E-state index in [9.17, 15) is 19.4 Å². The van der Waals surface area contributed by atoms with E-state index in [2.05, 4.69) is 6.92 Å². The Morgan fingerprint density at radius 1 is 0.824 bits per heavy atom. The van der Waals surface area contributed by atoms with Crippen LogP contribution in [0.5, 0.6) is 0 Å². The van der Waals surface area contributed by atoms with Gasteiger partial charge in [-0.2, -0.15) is 0 Å². The molecule has 9 heteroatoms. The van der Waals surface area contributed by atoms with E-state index in [0.29, 0.717) is 13.0 Å². The molecular formula is C25H52NO7P. The number of carbonyl (C=O) groups is 1. The molecule has 0 heterocycles. The molecule has 0 aliphatic rings. The van der Waals surface area contributed by atoms with Crippen molar-refractivity contribution in [2.75, 3.05) is 40.0 Å². The molecule has 0 bridgehead atoms. The molecule has 8 nitrogen and oxygen atoms in total. The van der Waals surface area contributed by atoms with Crippen LogP contribution in [0.25, 0.3) is 0 Å². The van der Waals surface area contributed by atoms with E-state index >= 15 is 0 Å². The van der Waals surface area contributed by atoms with E-state index in [1.54, 1.807) is 0 Å². The summed E-state index contributed by atoms with van der Waals surface area (Å²) in [7, 11) is -2.37. The monoisotopic (exact) mass is 509 g/mol. The first-order valence-electron chi connectivity index (χ1n) is 13.4. The van der Waals surface area contributed by atoms with Gasteiger partial charge in [0.15, 0.2) is 0 Å². The molecule has 0 rings (SSSR count). The third-order valence-electron chi connectivity index (χ3n) is 5.87. The maximum atomic E-state index is 11.8. The highest BCUT2D eigenvalue weighted by molar-refractivity contribution is 7.47. The summed E-state index contributed by atoms with van der Waals surface area (Å²) >= 11 is 0. The van der Waals surface area contributed by atoms with Crippen LogP contribution in [0.4, 0.5) is 0 Å². The highest BCUT2D eigenvalue weighted by Gasteiger charge is 2.23. The second-order valence-electron chi connectivity index (χ2n) is 9.18. The van der Waals surface area contributed by atoms with Gasteiger partial charge in [-0.15, -0.1) is 0 Å². The standard InChI is InChI=1S/C25H52NO7P/c1-4-6-7-8-9-10-11-12-13-14-15-16-17-18-19-25(28)31-22-24(27)23-33-34(29,30)32-21-20-26(3)5-2/h24,27H,4-23H2,1-3H3,(H,29,30). The largest absolute Gasteiger partial charge is 0.472 e. The van der Waals surface area contributed by atoms with Crippen LogP contribution in [0.2, 0.25) is 0 Å². The molecule has 0 aliphatic carbocycles. The topological polar surface area (TPSA) is 106 Å². The Hall–Kier alpha value is -0.500. The van der Waals surface area contributed by atoms with Crippen LogP contribution in [0.3, 0.4) is 0 Å². The normalized spacial score (nSPS) is 14.3. The molecule has 0 aliphatic heterocycles. The molecule has 0 aromatic heterocycles. The van der Waals surface area contributed by atoms with Crippen LogP contribution in [0.1, 0.15) is 110 Å². The lowest BCUT2D eigenvalue weighted by Crippen LogP contribution is -2.24. The van der Waals surface area contributed by atoms with Crippen LogP contribution >= 0.6 is 7.82 Å². The Kier molecular flexibility index (Phi) is 22.6. The summed E-state index contributed by atoms with van der Waals surface area (Å²) < 4.78 is 26.4. The fourth-order valence-electron chi connectivity index (χ4n) is 3.46. The maximum absolute atomic E-state index is 11.8. The predicted molar refractivity (Wildman–Crippen MR) is 137 cm³/mol. The van der Waals surface area contributed by atoms with Gasteiger partial charge in [-0.05, 0) is 20.0 Å². The molecule has 0 spiro atoms. The van der Waals surface area contributed by atoms with Gasteiger partial charge in [0.05, 0.1) is 13.2 Å². The summed E-state index contributed by atoms with van der Waals surface area (Å²) in [6.45, 7) is 4.84. The summed E-state index contributed by atoms with van der Waals surface area (Å²) in [5.41, 5.74) is 0. The van der Waals surface area contributed by atoms with Gasteiger partial charge < -0.3 is 19.6 Å². The van der Waals surface area contributed by atoms with Gasteiger partial charge in [0.2, 0.25) is 0 Å². The number of unbranched alkanes of at least 4 members (excludes halogenated alkanes) is 13. The number of ether oxygens (including phenoxy) is 1. The van der Waals surface area contributed by atoms with Crippen LogP contribution in [0.15, 0.2) is 0 Å². The molecule has 0 fully saturated rings. The Morgan fingerprint density at radius 2 is 1.32 bits per heavy atom. The second kappa shape index (κ2) is 22.9. The summed E-state index contributed by atoms with van der Waals surface area (Å²) in [5.74, 6) is -0.371. The number of carbonyl (C=O) groups excluding carboxylic acids is 1. The van der Waals surface area contributed by atoms with Gasteiger partial charge >= 0.3 is 13.8 Å². The Morgan fingerprint density at radius 3 is 1.82 bits per heavy atom. The zero-order valence-electron chi connectivity index (χ0n) is 22.0. The molecule has 2 atom stereocenters. The molecule has 0 aromatic carbocycles. The summed E-state index contributed by atoms with van der Waals surface area (Å²) in [5, 5.41) is 9.81. The van der Waals surface area contributed by atoms with Crippen LogP contribution < -0.4 is 0 Å². The van der Waals surface area contributed by atoms with Crippen molar-refractivity contribution in [3.05, 3.63) is 0 Å². The summed E-state index contributed by atoms with van der Waals surface area (Å²) in [4.78, 5) is 23.3. The molecule has 0 saturated heterocycles. The number of likely N-dealkylation sites (N-methyl/N-ethyl adjacent to an activating group) is 1. The van der Waals surface area contributed by atoms with Gasteiger partial charge in [-0.1, -0.05) is 97.3 Å². The van der Waals surface area contributed by atoms with E-state index in [1.165, 1.54) is 70.6 Å². The van der Waals surface area contributed by atoms with E-state index in [4.69, 9.17) is 13.8 Å². The van der Waals surface area contributed by atoms with E-state index < -0.39 is 20.5 Å². The number of esters is 1. The van der Waals surface area contributed by atoms with E-state index in [-0.39, 0.29) is 19.2 Å². The lowest BCUT2D eigenvalue weighted by atomic mass is 10.0. The van der Waals surface area contributed by atoms with Crippen LogP contribution in [-0.2, 0) is 23.1 Å². The van der Waals surface area contributed by atoms with Gasteiger partial charge in [-0.3, -0.25) is 13.8 Å². The van der Waals surface area contributed by atoms with Crippen molar-refractivity contribution in [3.63, 3.8) is 0 Å². The zero-order valence-corrected chi connectivity index (χ0v) is 22.9. The predicted octanol–water partition coefficient (Wildman–Crippen LogP) is 5.85. The first-order chi connectivity index (χ1) is 16.3. The molecule has 0 saturated carbocycles. The summed E-state index contributed by atoms with van der Waals surface area (Å²) in [6, 6.07) is 0. The minimum Gasteiger partial charge on any atom is -0.463 e. The molecule has 0 amide bonds. The number of hydrogen-bond acceptors (Lipinski definition) is 7. The maximum Gasteiger partial charge on any atom is 0.472 e. The highest BCUT2D eigenvalue weighted by atomic mass is 31.2. The Labute approximate surface area is 208 Å². The van der Waals surface area contributed by atoms with Crippen LogP contribution in [0, 0.1) is 0 Å². The minimum absolute atomic E-state index is 0.0440. The smallest absolute Gasteiger partial charge is 0.463 e. The zero-order chi connectivity index (χ0) is 25.5. The van der Waals surface area contributed by atoms with Crippen molar-refractivity contribution in [1.82, 2.24) is 4.90 Å². The SMILES string of the molecule is CCCCCCCCCCCCCCCCC(=O)OCC(O)COP(=O)(O)OCCN(C)CC. The molecule has 0 aromatic rings. The molecular weight excluding hydrogens is 457 g/mol. The van der Waals surface area contributed by atoms with Crippen molar-refractivity contribution in [3.8, 4) is 0 Å². The van der Waals surface area contributed by atoms with Crippen molar-refractivity contribution >= 4 is 13.8 Å². The second-order valence-corrected chi connectivity index (χ2v) is 10.6. The lowest BCUT2D eigenvalue weighted by molar-refractivity contribution is -0.147. The number of hydrogen-bond donors (Lipinski definition) is 2. The third-order valence-corrected chi connectivity index (χ3v) is 6.85. The minimum atomic E-state index is -4.23. The molecule has 2 N–H and O–H groups in total. The van der Waals surface area contributed by atoms with Gasteiger partial charge in [0, 0.05) is 13.0 Å².